The highest BCUT2D eigenvalue weighted by atomic mass is 32.2. The summed E-state index contributed by atoms with van der Waals surface area (Å²) in [5, 5.41) is 0. The van der Waals surface area contributed by atoms with Crippen molar-refractivity contribution in [3.8, 4) is 5.75 Å². The molecule has 1 nitrogen and oxygen atoms in total. The molecule has 0 radical (unpaired) electrons. The van der Waals surface area contributed by atoms with Gasteiger partial charge < -0.3 is 4.74 Å². The molecule has 0 spiro atoms. The van der Waals surface area contributed by atoms with E-state index >= 15 is 0 Å². The number of rotatable bonds is 3. The topological polar surface area (TPSA) is 9.23 Å². The van der Waals surface area contributed by atoms with E-state index in [0.29, 0.717) is 0 Å². The molecule has 0 unspecified atom stereocenters. The molecule has 2 rings (SSSR count). The van der Waals surface area contributed by atoms with Crippen molar-refractivity contribution >= 4 is 10.9 Å². The van der Waals surface area contributed by atoms with Crippen LogP contribution in [0, 0.1) is 0 Å². The minimum atomic E-state index is -2.73. The van der Waals surface area contributed by atoms with E-state index in [1.54, 1.807) is 18.2 Å². The van der Waals surface area contributed by atoms with Crippen molar-refractivity contribution in [1.29, 1.82) is 0 Å². The molecular formula is C11H13F2OS+. The summed E-state index contributed by atoms with van der Waals surface area (Å²) in [4.78, 5) is 1.16. The van der Waals surface area contributed by atoms with Crippen molar-refractivity contribution in [2.24, 2.45) is 0 Å². The maximum absolute atomic E-state index is 12.0. The monoisotopic (exact) mass is 231 g/mol. The van der Waals surface area contributed by atoms with Crippen molar-refractivity contribution in [2.45, 2.75) is 24.3 Å². The normalized spacial score (nSPS) is 17.3. The third kappa shape index (κ3) is 2.84. The van der Waals surface area contributed by atoms with Crippen LogP contribution in [0.4, 0.5) is 8.78 Å². The van der Waals surface area contributed by atoms with Gasteiger partial charge in [-0.1, -0.05) is 6.07 Å². The van der Waals surface area contributed by atoms with Crippen LogP contribution in [-0.4, -0.2) is 18.1 Å². The van der Waals surface area contributed by atoms with Gasteiger partial charge in [-0.25, -0.2) is 0 Å². The Morgan fingerprint density at radius 3 is 2.60 bits per heavy atom. The third-order valence-electron chi connectivity index (χ3n) is 2.40. The van der Waals surface area contributed by atoms with E-state index in [4.69, 9.17) is 0 Å². The summed E-state index contributed by atoms with van der Waals surface area (Å²) in [5.41, 5.74) is 0. The second-order valence-electron chi connectivity index (χ2n) is 3.46. The standard InChI is InChI=1S/C11H13F2OS/c12-11(13)14-9-4-3-5-10(8-9)15-6-1-2-7-15/h3-5,8,11H,1-2,6-7H2/q+1. The maximum Gasteiger partial charge on any atom is 0.387 e. The maximum atomic E-state index is 12.0. The molecule has 1 saturated heterocycles. The lowest BCUT2D eigenvalue weighted by atomic mass is 10.3. The summed E-state index contributed by atoms with van der Waals surface area (Å²) in [6.07, 6.45) is 2.51. The molecule has 4 heteroatoms. The van der Waals surface area contributed by atoms with Crippen molar-refractivity contribution in [1.82, 2.24) is 0 Å². The molecule has 0 N–H and O–H groups in total. The zero-order valence-electron chi connectivity index (χ0n) is 8.29. The number of benzene rings is 1. The molecule has 82 valence electrons. The van der Waals surface area contributed by atoms with E-state index in [2.05, 4.69) is 4.74 Å². The number of halogens is 2. The highest BCUT2D eigenvalue weighted by Crippen LogP contribution is 2.26. The summed E-state index contributed by atoms with van der Waals surface area (Å²) >= 11 is 0. The molecule has 1 aromatic carbocycles. The first-order valence-corrected chi connectivity index (χ1v) is 6.54. The smallest absolute Gasteiger partial charge is 0.387 e. The van der Waals surface area contributed by atoms with Crippen LogP contribution in [0.15, 0.2) is 29.2 Å². The van der Waals surface area contributed by atoms with Gasteiger partial charge in [0, 0.05) is 17.0 Å². The van der Waals surface area contributed by atoms with Gasteiger partial charge in [-0.2, -0.15) is 8.78 Å². The molecule has 1 heterocycles. The predicted octanol–water partition coefficient (Wildman–Crippen LogP) is 3.06. The Morgan fingerprint density at radius 2 is 1.93 bits per heavy atom. The van der Waals surface area contributed by atoms with Gasteiger partial charge >= 0.3 is 6.61 Å². The Bertz CT molecular complexity index is 324. The number of hydrogen-bond acceptors (Lipinski definition) is 1. The Balaban J connectivity index is 2.11. The molecule has 0 amide bonds. The minimum Gasteiger partial charge on any atom is -0.435 e. The van der Waals surface area contributed by atoms with Crippen molar-refractivity contribution < 1.29 is 13.5 Å². The van der Waals surface area contributed by atoms with Crippen LogP contribution in [0.3, 0.4) is 0 Å². The fraction of sp³-hybridized carbons (Fsp3) is 0.455. The summed E-state index contributed by atoms with van der Waals surface area (Å²) < 4.78 is 28.4. The molecule has 0 aromatic heterocycles. The summed E-state index contributed by atoms with van der Waals surface area (Å²) in [5.74, 6) is 2.66. The fourth-order valence-electron chi connectivity index (χ4n) is 1.72. The summed E-state index contributed by atoms with van der Waals surface area (Å²) in [6.45, 7) is -2.73. The van der Waals surface area contributed by atoms with Gasteiger partial charge in [0.2, 0.25) is 0 Å². The number of alkyl halides is 2. The van der Waals surface area contributed by atoms with Gasteiger partial charge in [0.05, 0.1) is 0 Å². The second-order valence-corrected chi connectivity index (χ2v) is 5.74. The lowest BCUT2D eigenvalue weighted by Crippen LogP contribution is -2.06. The van der Waals surface area contributed by atoms with Crippen LogP contribution >= 0.6 is 0 Å². The van der Waals surface area contributed by atoms with Crippen LogP contribution in [0.5, 0.6) is 5.75 Å². The van der Waals surface area contributed by atoms with E-state index in [-0.39, 0.29) is 16.6 Å². The van der Waals surface area contributed by atoms with E-state index in [0.717, 1.165) is 4.90 Å². The molecule has 1 fully saturated rings. The molecule has 15 heavy (non-hydrogen) atoms. The van der Waals surface area contributed by atoms with E-state index in [1.165, 1.54) is 24.3 Å². The van der Waals surface area contributed by atoms with Crippen LogP contribution in [0.25, 0.3) is 0 Å². The first-order valence-electron chi connectivity index (χ1n) is 4.98. The van der Waals surface area contributed by atoms with Gasteiger partial charge in [-0.15, -0.1) is 0 Å². The molecule has 0 atom stereocenters. The second kappa shape index (κ2) is 4.84. The molecule has 0 saturated carbocycles. The minimum absolute atomic E-state index is 0.259. The van der Waals surface area contributed by atoms with Crippen LogP contribution in [-0.2, 0) is 10.9 Å². The van der Waals surface area contributed by atoms with Crippen LogP contribution < -0.4 is 4.74 Å². The Hall–Kier alpha value is -0.770. The molecular weight excluding hydrogens is 218 g/mol. The van der Waals surface area contributed by atoms with Crippen molar-refractivity contribution in [2.75, 3.05) is 11.5 Å². The summed E-state index contributed by atoms with van der Waals surface area (Å²) in [7, 11) is 0.259. The first-order chi connectivity index (χ1) is 7.25. The average molecular weight is 231 g/mol. The molecule has 1 aromatic rings. The summed E-state index contributed by atoms with van der Waals surface area (Å²) in [6, 6.07) is 7.13. The van der Waals surface area contributed by atoms with E-state index in [9.17, 15) is 8.78 Å². The van der Waals surface area contributed by atoms with Gasteiger partial charge in [-0.3, -0.25) is 0 Å². The Morgan fingerprint density at radius 1 is 1.20 bits per heavy atom. The average Bonchev–Trinajstić information content (AvgIpc) is 2.69. The molecule has 1 aliphatic rings. The van der Waals surface area contributed by atoms with Gasteiger partial charge in [-0.05, 0) is 25.0 Å². The Kier molecular flexibility index (Phi) is 3.46. The fourth-order valence-corrected chi connectivity index (χ4v) is 4.05. The zero-order chi connectivity index (χ0) is 10.7. The van der Waals surface area contributed by atoms with Gasteiger partial charge in [0.1, 0.15) is 17.3 Å². The van der Waals surface area contributed by atoms with Crippen LogP contribution in [0.1, 0.15) is 12.8 Å². The molecule has 0 aliphatic carbocycles. The SMILES string of the molecule is FC(F)Oc1cccc([S+]2CCCC2)c1. The highest BCUT2D eigenvalue weighted by molar-refractivity contribution is 7.97. The van der Waals surface area contributed by atoms with Gasteiger partial charge in [0.25, 0.3) is 0 Å². The lowest BCUT2D eigenvalue weighted by molar-refractivity contribution is -0.0499. The quantitative estimate of drug-likeness (QED) is 0.726. The van der Waals surface area contributed by atoms with E-state index in [1.807, 2.05) is 6.07 Å². The first kappa shape index (κ1) is 10.7. The highest BCUT2D eigenvalue weighted by Gasteiger charge is 2.27. The van der Waals surface area contributed by atoms with Crippen molar-refractivity contribution in [3.05, 3.63) is 24.3 Å². The van der Waals surface area contributed by atoms with E-state index < -0.39 is 6.61 Å². The van der Waals surface area contributed by atoms with Crippen molar-refractivity contribution in [3.63, 3.8) is 0 Å². The number of hydrogen-bond donors (Lipinski definition) is 0. The number of ether oxygens (including phenoxy) is 1. The zero-order valence-corrected chi connectivity index (χ0v) is 9.10. The van der Waals surface area contributed by atoms with Gasteiger partial charge in [0.15, 0.2) is 4.90 Å². The lowest BCUT2D eigenvalue weighted by Gasteiger charge is -2.05. The Labute approximate surface area is 90.8 Å². The largest absolute Gasteiger partial charge is 0.435 e. The molecule has 0 bridgehead atoms. The predicted molar refractivity (Wildman–Crippen MR) is 57.7 cm³/mol. The van der Waals surface area contributed by atoms with Crippen LogP contribution in [0.2, 0.25) is 0 Å². The molecule has 1 aliphatic heterocycles. The third-order valence-corrected chi connectivity index (χ3v) is 4.88.